The number of ether oxygens (including phenoxy) is 3. The Morgan fingerprint density at radius 3 is 2.85 bits per heavy atom. The summed E-state index contributed by atoms with van der Waals surface area (Å²) in [5.41, 5.74) is 0. The van der Waals surface area contributed by atoms with Gasteiger partial charge in [0.15, 0.2) is 0 Å². The average molecular weight is 346 g/mol. The molecule has 20 heavy (non-hydrogen) atoms. The van der Waals surface area contributed by atoms with E-state index in [0.29, 0.717) is 32.9 Å². The molecule has 2 N–H and O–H groups in total. The molecule has 0 spiro atoms. The number of aliphatic hydroxyl groups excluding tert-OH is 1. The molecule has 0 aliphatic carbocycles. The van der Waals surface area contributed by atoms with E-state index < -0.39 is 6.10 Å². The average Bonchev–Trinajstić information content (AvgIpc) is 2.48. The Balaban J connectivity index is 1.57. The molecule has 2 unspecified atom stereocenters. The number of nitrogens with one attached hydrogen (secondary N) is 1. The van der Waals surface area contributed by atoms with Crippen LogP contribution in [-0.2, 0) is 9.47 Å². The maximum absolute atomic E-state index is 9.83. The summed E-state index contributed by atoms with van der Waals surface area (Å²) in [6.07, 6.45) is -0.480. The Morgan fingerprint density at radius 1 is 1.35 bits per heavy atom. The Hall–Kier alpha value is -0.660. The maximum atomic E-state index is 9.83. The molecule has 0 saturated carbocycles. The van der Waals surface area contributed by atoms with Crippen molar-refractivity contribution in [3.8, 4) is 5.75 Å². The van der Waals surface area contributed by atoms with E-state index in [0.717, 1.165) is 10.2 Å². The highest BCUT2D eigenvalue weighted by Crippen LogP contribution is 2.16. The molecule has 1 saturated heterocycles. The van der Waals surface area contributed by atoms with Crippen molar-refractivity contribution in [1.29, 1.82) is 0 Å². The first kappa shape index (κ1) is 15.7. The highest BCUT2D eigenvalue weighted by molar-refractivity contribution is 9.10. The molecule has 2 rings (SSSR count). The standard InChI is InChI=1S/C14H20BrNO4/c15-11-1-3-13(4-2-11)20-9-12(17)7-16-8-14-10-18-5-6-19-14/h1-4,12,14,16-17H,5-10H2. The van der Waals surface area contributed by atoms with Crippen LogP contribution in [-0.4, -0.2) is 56.8 Å². The number of halogens is 1. The van der Waals surface area contributed by atoms with Crippen LogP contribution in [0.3, 0.4) is 0 Å². The van der Waals surface area contributed by atoms with E-state index >= 15 is 0 Å². The molecule has 0 bridgehead atoms. The molecule has 112 valence electrons. The molecule has 0 radical (unpaired) electrons. The topological polar surface area (TPSA) is 60.0 Å². The van der Waals surface area contributed by atoms with Crippen molar-refractivity contribution in [1.82, 2.24) is 5.32 Å². The molecule has 0 amide bonds. The first-order valence-corrected chi connectivity index (χ1v) is 7.50. The van der Waals surface area contributed by atoms with Crippen LogP contribution in [0.2, 0.25) is 0 Å². The van der Waals surface area contributed by atoms with Gasteiger partial charge in [-0.3, -0.25) is 0 Å². The first-order valence-electron chi connectivity index (χ1n) is 6.70. The quantitative estimate of drug-likeness (QED) is 0.777. The van der Waals surface area contributed by atoms with E-state index in [1.54, 1.807) is 0 Å². The number of rotatable bonds is 7. The highest BCUT2D eigenvalue weighted by atomic mass is 79.9. The molecular formula is C14H20BrNO4. The van der Waals surface area contributed by atoms with Gasteiger partial charge >= 0.3 is 0 Å². The summed E-state index contributed by atoms with van der Waals surface area (Å²) in [6, 6.07) is 7.52. The second-order valence-corrected chi connectivity index (χ2v) is 5.56. The van der Waals surface area contributed by atoms with Crippen LogP contribution in [0.15, 0.2) is 28.7 Å². The van der Waals surface area contributed by atoms with E-state index in [2.05, 4.69) is 21.2 Å². The predicted molar refractivity (Wildman–Crippen MR) is 79.1 cm³/mol. The van der Waals surface area contributed by atoms with E-state index in [1.807, 2.05) is 24.3 Å². The molecule has 1 fully saturated rings. The lowest BCUT2D eigenvalue weighted by atomic mass is 10.3. The van der Waals surface area contributed by atoms with Gasteiger partial charge in [0.25, 0.3) is 0 Å². The molecule has 5 nitrogen and oxygen atoms in total. The van der Waals surface area contributed by atoms with Gasteiger partial charge in [0, 0.05) is 17.6 Å². The summed E-state index contributed by atoms with van der Waals surface area (Å²) >= 11 is 3.36. The van der Waals surface area contributed by atoms with Gasteiger partial charge in [-0.1, -0.05) is 15.9 Å². The number of hydrogen-bond acceptors (Lipinski definition) is 5. The lowest BCUT2D eigenvalue weighted by Gasteiger charge is -2.23. The summed E-state index contributed by atoms with van der Waals surface area (Å²) < 4.78 is 17.3. The lowest BCUT2D eigenvalue weighted by molar-refractivity contribution is -0.0869. The SMILES string of the molecule is OC(CNCC1COCCO1)COc1ccc(Br)cc1. The Morgan fingerprint density at radius 2 is 2.15 bits per heavy atom. The number of benzene rings is 1. The predicted octanol–water partition coefficient (Wildman–Crippen LogP) is 1.19. The minimum atomic E-state index is -0.553. The zero-order valence-corrected chi connectivity index (χ0v) is 12.8. The van der Waals surface area contributed by atoms with E-state index in [4.69, 9.17) is 14.2 Å². The van der Waals surface area contributed by atoms with Crippen LogP contribution in [0, 0.1) is 0 Å². The minimum absolute atomic E-state index is 0.0725. The second kappa shape index (κ2) is 8.59. The molecule has 0 aromatic heterocycles. The molecule has 1 aliphatic rings. The Labute approximate surface area is 127 Å². The fraction of sp³-hybridized carbons (Fsp3) is 0.571. The van der Waals surface area contributed by atoms with Crippen LogP contribution in [0.4, 0.5) is 0 Å². The zero-order valence-electron chi connectivity index (χ0n) is 11.3. The molecular weight excluding hydrogens is 326 g/mol. The largest absolute Gasteiger partial charge is 0.491 e. The summed E-state index contributed by atoms with van der Waals surface area (Å²) in [5, 5.41) is 13.0. The van der Waals surface area contributed by atoms with Crippen molar-refractivity contribution in [2.75, 3.05) is 39.5 Å². The van der Waals surface area contributed by atoms with Crippen LogP contribution in [0.25, 0.3) is 0 Å². The van der Waals surface area contributed by atoms with E-state index in [-0.39, 0.29) is 12.7 Å². The second-order valence-electron chi connectivity index (χ2n) is 4.64. The normalized spacial score (nSPS) is 20.6. The molecule has 1 heterocycles. The zero-order chi connectivity index (χ0) is 14.2. The third kappa shape index (κ3) is 5.76. The molecule has 2 atom stereocenters. The van der Waals surface area contributed by atoms with Gasteiger partial charge in [0.1, 0.15) is 18.5 Å². The molecule has 1 aromatic rings. The van der Waals surface area contributed by atoms with Crippen LogP contribution >= 0.6 is 15.9 Å². The van der Waals surface area contributed by atoms with Crippen molar-refractivity contribution >= 4 is 15.9 Å². The van der Waals surface area contributed by atoms with Gasteiger partial charge in [0.05, 0.1) is 25.9 Å². The van der Waals surface area contributed by atoms with Crippen molar-refractivity contribution in [2.45, 2.75) is 12.2 Å². The van der Waals surface area contributed by atoms with Gasteiger partial charge in [-0.2, -0.15) is 0 Å². The van der Waals surface area contributed by atoms with Crippen molar-refractivity contribution in [3.63, 3.8) is 0 Å². The summed E-state index contributed by atoms with van der Waals surface area (Å²) in [6.45, 7) is 3.32. The minimum Gasteiger partial charge on any atom is -0.491 e. The smallest absolute Gasteiger partial charge is 0.119 e. The van der Waals surface area contributed by atoms with Gasteiger partial charge in [-0.15, -0.1) is 0 Å². The van der Waals surface area contributed by atoms with Gasteiger partial charge < -0.3 is 24.6 Å². The van der Waals surface area contributed by atoms with Crippen molar-refractivity contribution in [2.24, 2.45) is 0 Å². The van der Waals surface area contributed by atoms with Crippen LogP contribution < -0.4 is 10.1 Å². The third-order valence-corrected chi connectivity index (χ3v) is 3.42. The summed E-state index contributed by atoms with van der Waals surface area (Å²) in [4.78, 5) is 0. The number of aliphatic hydroxyl groups is 1. The summed E-state index contributed by atoms with van der Waals surface area (Å²) in [5.74, 6) is 0.747. The fourth-order valence-electron chi connectivity index (χ4n) is 1.85. The number of hydrogen-bond donors (Lipinski definition) is 2. The molecule has 1 aliphatic heterocycles. The summed E-state index contributed by atoms with van der Waals surface area (Å²) in [7, 11) is 0. The van der Waals surface area contributed by atoms with Crippen molar-refractivity contribution in [3.05, 3.63) is 28.7 Å². The molecule has 1 aromatic carbocycles. The highest BCUT2D eigenvalue weighted by Gasteiger charge is 2.14. The fourth-order valence-corrected chi connectivity index (χ4v) is 2.11. The monoisotopic (exact) mass is 345 g/mol. The Kier molecular flexibility index (Phi) is 6.75. The maximum Gasteiger partial charge on any atom is 0.119 e. The van der Waals surface area contributed by atoms with E-state index in [1.165, 1.54) is 0 Å². The van der Waals surface area contributed by atoms with E-state index in [9.17, 15) is 5.11 Å². The van der Waals surface area contributed by atoms with Gasteiger partial charge in [0.2, 0.25) is 0 Å². The Bertz CT molecular complexity index is 381. The van der Waals surface area contributed by atoms with Crippen molar-refractivity contribution < 1.29 is 19.3 Å². The van der Waals surface area contributed by atoms with Crippen LogP contribution in [0.5, 0.6) is 5.75 Å². The first-order chi connectivity index (χ1) is 9.74. The van der Waals surface area contributed by atoms with Crippen LogP contribution in [0.1, 0.15) is 0 Å². The third-order valence-electron chi connectivity index (χ3n) is 2.89. The molecule has 6 heteroatoms. The van der Waals surface area contributed by atoms with Gasteiger partial charge in [-0.25, -0.2) is 0 Å². The lowest BCUT2D eigenvalue weighted by Crippen LogP contribution is -2.41. The van der Waals surface area contributed by atoms with Gasteiger partial charge in [-0.05, 0) is 24.3 Å².